The van der Waals surface area contributed by atoms with E-state index in [4.69, 9.17) is 5.11 Å². The third-order valence-electron chi connectivity index (χ3n) is 1.64. The average Bonchev–Trinajstić information content (AvgIpc) is 2.25. The number of hydrogen-bond donors (Lipinski definition) is 3. The van der Waals surface area contributed by atoms with Crippen LogP contribution in [0.4, 0.5) is 0 Å². The number of aromatic hydroxyl groups is 1. The Balaban J connectivity index is 0.000000151. The largest absolute Gasteiger partial charge is 0.507 e. The standard InChI is InChI=1S/C6H6OS.C6H6S/c7-5-3-1-2-4-6(5)8;7-6-4-2-1-3-5-6/h1-4,7-8H;1-5,7H. The van der Waals surface area contributed by atoms with Crippen molar-refractivity contribution in [1.82, 2.24) is 0 Å². The van der Waals surface area contributed by atoms with Crippen molar-refractivity contribution in [3.63, 3.8) is 0 Å². The molecule has 0 aromatic heterocycles. The molecule has 15 heavy (non-hydrogen) atoms. The minimum Gasteiger partial charge on any atom is -0.507 e. The van der Waals surface area contributed by atoms with Crippen molar-refractivity contribution in [3.8, 4) is 5.75 Å². The van der Waals surface area contributed by atoms with Crippen LogP contribution < -0.4 is 0 Å². The highest BCUT2D eigenvalue weighted by molar-refractivity contribution is 7.80. The summed E-state index contributed by atoms with van der Waals surface area (Å²) in [5.74, 6) is 0.232. The van der Waals surface area contributed by atoms with Crippen LogP contribution in [0.1, 0.15) is 0 Å². The Morgan fingerprint density at radius 1 is 0.733 bits per heavy atom. The average molecular weight is 236 g/mol. The number of para-hydroxylation sites is 1. The van der Waals surface area contributed by atoms with Gasteiger partial charge in [-0.3, -0.25) is 0 Å². The topological polar surface area (TPSA) is 20.2 Å². The summed E-state index contributed by atoms with van der Waals surface area (Å²) in [6.45, 7) is 0. The fraction of sp³-hybridized carbons (Fsp3) is 0. The summed E-state index contributed by atoms with van der Waals surface area (Å²) in [6.07, 6.45) is 0. The fourth-order valence-electron chi connectivity index (χ4n) is 0.892. The van der Waals surface area contributed by atoms with Crippen LogP contribution in [0.5, 0.6) is 5.75 Å². The zero-order chi connectivity index (χ0) is 11.1. The Morgan fingerprint density at radius 3 is 1.60 bits per heavy atom. The van der Waals surface area contributed by atoms with Crippen LogP contribution in [0.3, 0.4) is 0 Å². The molecule has 3 heteroatoms. The normalized spacial score (nSPS) is 8.93. The quantitative estimate of drug-likeness (QED) is 0.596. The molecule has 0 fully saturated rings. The van der Waals surface area contributed by atoms with Crippen LogP contribution in [-0.2, 0) is 0 Å². The first-order valence-electron chi connectivity index (χ1n) is 4.41. The summed E-state index contributed by atoms with van der Waals surface area (Å²) in [5.41, 5.74) is 0. The summed E-state index contributed by atoms with van der Waals surface area (Å²) in [6, 6.07) is 16.7. The zero-order valence-electron chi connectivity index (χ0n) is 8.04. The van der Waals surface area contributed by atoms with Gasteiger partial charge in [0.25, 0.3) is 0 Å². The molecular formula is C12H12OS2. The molecular weight excluding hydrogens is 224 g/mol. The van der Waals surface area contributed by atoms with Gasteiger partial charge in [-0.1, -0.05) is 30.3 Å². The third-order valence-corrected chi connectivity index (χ3v) is 2.31. The van der Waals surface area contributed by atoms with Gasteiger partial charge in [-0.15, -0.1) is 25.3 Å². The molecule has 0 saturated heterocycles. The number of thiol groups is 2. The maximum absolute atomic E-state index is 8.84. The van der Waals surface area contributed by atoms with Gasteiger partial charge in [-0.25, -0.2) is 0 Å². The highest BCUT2D eigenvalue weighted by atomic mass is 32.1. The second-order valence-corrected chi connectivity index (χ2v) is 3.82. The molecule has 0 spiro atoms. The first kappa shape index (κ1) is 12.0. The van der Waals surface area contributed by atoms with Crippen molar-refractivity contribution < 1.29 is 5.11 Å². The molecule has 1 N–H and O–H groups in total. The molecule has 0 heterocycles. The fourth-order valence-corrected chi connectivity index (χ4v) is 1.22. The van der Waals surface area contributed by atoms with E-state index in [0.29, 0.717) is 4.90 Å². The monoisotopic (exact) mass is 236 g/mol. The molecule has 1 nitrogen and oxygen atoms in total. The minimum atomic E-state index is 0.232. The lowest BCUT2D eigenvalue weighted by atomic mass is 10.3. The van der Waals surface area contributed by atoms with Crippen molar-refractivity contribution in [2.45, 2.75) is 9.79 Å². The second-order valence-electron chi connectivity index (χ2n) is 2.82. The summed E-state index contributed by atoms with van der Waals surface area (Å²) in [4.78, 5) is 1.63. The van der Waals surface area contributed by atoms with E-state index in [1.807, 2.05) is 36.4 Å². The molecule has 0 aliphatic rings. The Bertz CT molecular complexity index is 380. The molecule has 0 radical (unpaired) electrons. The predicted octanol–water partition coefficient (Wildman–Crippen LogP) is 3.66. The molecule has 2 rings (SSSR count). The van der Waals surface area contributed by atoms with Crippen molar-refractivity contribution in [1.29, 1.82) is 0 Å². The Labute approximate surface area is 101 Å². The van der Waals surface area contributed by atoms with E-state index in [1.54, 1.807) is 18.2 Å². The summed E-state index contributed by atoms with van der Waals surface area (Å²) < 4.78 is 0. The highest BCUT2D eigenvalue weighted by Crippen LogP contribution is 2.18. The molecule has 2 aromatic rings. The maximum Gasteiger partial charge on any atom is 0.128 e. The molecule has 0 bridgehead atoms. The molecule has 0 saturated carbocycles. The number of phenols is 1. The van der Waals surface area contributed by atoms with E-state index in [9.17, 15) is 0 Å². The number of phenolic OH excluding ortho intramolecular Hbond substituents is 1. The second kappa shape index (κ2) is 6.43. The van der Waals surface area contributed by atoms with E-state index in [-0.39, 0.29) is 5.75 Å². The van der Waals surface area contributed by atoms with Gasteiger partial charge in [0, 0.05) is 9.79 Å². The van der Waals surface area contributed by atoms with Crippen molar-refractivity contribution in [3.05, 3.63) is 54.6 Å². The van der Waals surface area contributed by atoms with Gasteiger partial charge in [0.2, 0.25) is 0 Å². The lowest BCUT2D eigenvalue weighted by molar-refractivity contribution is 0.463. The van der Waals surface area contributed by atoms with Gasteiger partial charge in [-0.2, -0.15) is 0 Å². The van der Waals surface area contributed by atoms with Crippen molar-refractivity contribution in [2.24, 2.45) is 0 Å². The maximum atomic E-state index is 8.84. The minimum absolute atomic E-state index is 0.232. The Kier molecular flexibility index (Phi) is 5.15. The van der Waals surface area contributed by atoms with Gasteiger partial charge in [-0.05, 0) is 24.3 Å². The zero-order valence-corrected chi connectivity index (χ0v) is 9.83. The van der Waals surface area contributed by atoms with Gasteiger partial charge in [0.05, 0.1) is 0 Å². The Morgan fingerprint density at radius 2 is 1.27 bits per heavy atom. The summed E-state index contributed by atoms with van der Waals surface area (Å²) in [7, 11) is 0. The Hall–Kier alpha value is -1.06. The third kappa shape index (κ3) is 4.81. The number of hydrogen-bond acceptors (Lipinski definition) is 3. The summed E-state index contributed by atoms with van der Waals surface area (Å²) >= 11 is 8.03. The van der Waals surface area contributed by atoms with Crippen molar-refractivity contribution >= 4 is 25.3 Å². The molecule has 0 unspecified atom stereocenters. The van der Waals surface area contributed by atoms with E-state index in [1.165, 1.54) is 0 Å². The van der Waals surface area contributed by atoms with Crippen LogP contribution in [0.15, 0.2) is 64.4 Å². The predicted molar refractivity (Wildman–Crippen MR) is 69.1 cm³/mol. The lowest BCUT2D eigenvalue weighted by Crippen LogP contribution is -1.64. The van der Waals surface area contributed by atoms with Crippen LogP contribution in [-0.4, -0.2) is 5.11 Å². The highest BCUT2D eigenvalue weighted by Gasteiger charge is 1.88. The van der Waals surface area contributed by atoms with E-state index in [2.05, 4.69) is 25.3 Å². The van der Waals surface area contributed by atoms with Crippen LogP contribution >= 0.6 is 25.3 Å². The molecule has 0 aliphatic heterocycles. The SMILES string of the molecule is Oc1ccccc1S.Sc1ccccc1. The van der Waals surface area contributed by atoms with Crippen LogP contribution in [0.25, 0.3) is 0 Å². The molecule has 0 atom stereocenters. The molecule has 2 aromatic carbocycles. The first-order valence-corrected chi connectivity index (χ1v) is 5.30. The van der Waals surface area contributed by atoms with Gasteiger partial charge < -0.3 is 5.11 Å². The molecule has 0 amide bonds. The van der Waals surface area contributed by atoms with Gasteiger partial charge in [0.15, 0.2) is 0 Å². The van der Waals surface area contributed by atoms with Crippen LogP contribution in [0.2, 0.25) is 0 Å². The van der Waals surface area contributed by atoms with Crippen LogP contribution in [0, 0.1) is 0 Å². The van der Waals surface area contributed by atoms with E-state index >= 15 is 0 Å². The van der Waals surface area contributed by atoms with Gasteiger partial charge >= 0.3 is 0 Å². The number of rotatable bonds is 0. The summed E-state index contributed by atoms with van der Waals surface area (Å²) in [5, 5.41) is 8.84. The smallest absolute Gasteiger partial charge is 0.128 e. The van der Waals surface area contributed by atoms with Crippen molar-refractivity contribution in [2.75, 3.05) is 0 Å². The molecule has 78 valence electrons. The van der Waals surface area contributed by atoms with Gasteiger partial charge in [0.1, 0.15) is 5.75 Å². The first-order chi connectivity index (χ1) is 7.20. The lowest BCUT2D eigenvalue weighted by Gasteiger charge is -1.91. The van der Waals surface area contributed by atoms with E-state index in [0.717, 1.165) is 4.90 Å². The van der Waals surface area contributed by atoms with E-state index < -0.39 is 0 Å². The molecule has 0 aliphatic carbocycles. The number of benzene rings is 2.